The molecule has 2 rings (SSSR count). The van der Waals surface area contributed by atoms with E-state index < -0.39 is 0 Å². The molecule has 1 heterocycles. The fourth-order valence-electron chi connectivity index (χ4n) is 2.10. The maximum Gasteiger partial charge on any atom is 0.266 e. The molecule has 6 heteroatoms. The topological polar surface area (TPSA) is 38.8 Å². The number of benzene rings is 1. The summed E-state index contributed by atoms with van der Waals surface area (Å²) in [6.07, 6.45) is 3.47. The minimum absolute atomic E-state index is 0.101. The number of hydrogen-bond donors (Lipinski definition) is 0. The SMILES string of the molecule is C=CCN1C(=O)/C(=C/c2ccc(OCC)cc2OCC)SC1=S. The van der Waals surface area contributed by atoms with E-state index >= 15 is 0 Å². The summed E-state index contributed by atoms with van der Waals surface area (Å²) in [6, 6.07) is 5.59. The van der Waals surface area contributed by atoms with Gasteiger partial charge in [-0.15, -0.1) is 6.58 Å². The molecule has 0 bridgehead atoms. The van der Waals surface area contributed by atoms with Crippen LogP contribution < -0.4 is 9.47 Å². The quantitative estimate of drug-likeness (QED) is 0.424. The molecule has 0 saturated carbocycles. The van der Waals surface area contributed by atoms with Crippen LogP contribution >= 0.6 is 24.0 Å². The Balaban J connectivity index is 2.32. The van der Waals surface area contributed by atoms with Crippen molar-refractivity contribution in [1.29, 1.82) is 0 Å². The van der Waals surface area contributed by atoms with Crippen LogP contribution in [0.2, 0.25) is 0 Å². The average molecular weight is 349 g/mol. The number of ether oxygens (including phenoxy) is 2. The number of carbonyl (C=O) groups is 1. The molecule has 0 radical (unpaired) electrons. The fraction of sp³-hybridized carbons (Fsp3) is 0.294. The Labute approximate surface area is 146 Å². The van der Waals surface area contributed by atoms with Crippen molar-refractivity contribution < 1.29 is 14.3 Å². The van der Waals surface area contributed by atoms with E-state index in [0.717, 1.165) is 11.3 Å². The first kappa shape index (κ1) is 17.6. The molecule has 0 spiro atoms. The number of hydrogen-bond acceptors (Lipinski definition) is 5. The zero-order valence-corrected chi connectivity index (χ0v) is 14.8. The van der Waals surface area contributed by atoms with E-state index in [1.807, 2.05) is 38.1 Å². The molecular weight excluding hydrogens is 330 g/mol. The predicted molar refractivity (Wildman–Crippen MR) is 98.9 cm³/mol. The Bertz CT molecular complexity index is 655. The second kappa shape index (κ2) is 8.17. The van der Waals surface area contributed by atoms with Crippen LogP contribution in [0.15, 0.2) is 35.8 Å². The van der Waals surface area contributed by atoms with Gasteiger partial charge in [0, 0.05) is 18.2 Å². The molecule has 1 aliphatic heterocycles. The van der Waals surface area contributed by atoms with Gasteiger partial charge in [-0.05, 0) is 32.1 Å². The molecule has 122 valence electrons. The van der Waals surface area contributed by atoms with Crippen molar-refractivity contribution in [2.24, 2.45) is 0 Å². The van der Waals surface area contributed by atoms with Crippen molar-refractivity contribution in [3.8, 4) is 11.5 Å². The Hall–Kier alpha value is -1.79. The van der Waals surface area contributed by atoms with Gasteiger partial charge in [-0.25, -0.2) is 0 Å². The minimum atomic E-state index is -0.101. The largest absolute Gasteiger partial charge is 0.494 e. The summed E-state index contributed by atoms with van der Waals surface area (Å²) in [5.41, 5.74) is 0.828. The van der Waals surface area contributed by atoms with Crippen LogP contribution in [0.1, 0.15) is 19.4 Å². The minimum Gasteiger partial charge on any atom is -0.494 e. The zero-order valence-electron chi connectivity index (χ0n) is 13.2. The Morgan fingerprint density at radius 3 is 2.70 bits per heavy atom. The van der Waals surface area contributed by atoms with E-state index in [2.05, 4.69) is 6.58 Å². The summed E-state index contributed by atoms with van der Waals surface area (Å²) >= 11 is 6.54. The third-order valence-electron chi connectivity index (χ3n) is 3.07. The average Bonchev–Trinajstić information content (AvgIpc) is 2.78. The fourth-order valence-corrected chi connectivity index (χ4v) is 3.36. The number of nitrogens with zero attached hydrogens (tertiary/aromatic N) is 1. The van der Waals surface area contributed by atoms with Crippen LogP contribution in [0.25, 0.3) is 6.08 Å². The number of rotatable bonds is 7. The summed E-state index contributed by atoms with van der Waals surface area (Å²) in [5.74, 6) is 1.33. The first-order valence-electron chi connectivity index (χ1n) is 7.36. The molecule has 4 nitrogen and oxygen atoms in total. The van der Waals surface area contributed by atoms with E-state index in [1.165, 1.54) is 16.7 Å². The van der Waals surface area contributed by atoms with Gasteiger partial charge in [-0.2, -0.15) is 0 Å². The zero-order chi connectivity index (χ0) is 16.8. The molecule has 1 aliphatic rings. The van der Waals surface area contributed by atoms with E-state index in [9.17, 15) is 4.79 Å². The molecule has 0 N–H and O–H groups in total. The first-order chi connectivity index (χ1) is 11.1. The van der Waals surface area contributed by atoms with Gasteiger partial charge in [0.15, 0.2) is 0 Å². The van der Waals surface area contributed by atoms with Gasteiger partial charge in [-0.3, -0.25) is 9.69 Å². The summed E-state index contributed by atoms with van der Waals surface area (Å²) in [5, 5.41) is 0. The van der Waals surface area contributed by atoms with Crippen LogP contribution in [0.3, 0.4) is 0 Å². The molecule has 0 atom stereocenters. The molecule has 1 fully saturated rings. The van der Waals surface area contributed by atoms with Gasteiger partial charge < -0.3 is 9.47 Å². The van der Waals surface area contributed by atoms with Gasteiger partial charge in [0.2, 0.25) is 0 Å². The highest BCUT2D eigenvalue weighted by atomic mass is 32.2. The summed E-state index contributed by atoms with van der Waals surface area (Å²) in [7, 11) is 0. The third kappa shape index (κ3) is 4.14. The Morgan fingerprint density at radius 2 is 2.04 bits per heavy atom. The second-order valence-corrected chi connectivity index (χ2v) is 6.32. The first-order valence-corrected chi connectivity index (χ1v) is 8.59. The summed E-state index contributed by atoms with van der Waals surface area (Å²) in [4.78, 5) is 14.5. The molecule has 23 heavy (non-hydrogen) atoms. The second-order valence-electron chi connectivity index (χ2n) is 4.65. The predicted octanol–water partition coefficient (Wildman–Crippen LogP) is 3.87. The van der Waals surface area contributed by atoms with Crippen molar-refractivity contribution in [2.45, 2.75) is 13.8 Å². The van der Waals surface area contributed by atoms with Gasteiger partial charge in [0.05, 0.1) is 18.1 Å². The van der Waals surface area contributed by atoms with E-state index in [1.54, 1.807) is 6.08 Å². The molecular formula is C17H19NO3S2. The molecule has 0 unspecified atom stereocenters. The highest BCUT2D eigenvalue weighted by Crippen LogP contribution is 2.35. The molecule has 1 aromatic rings. The Kier molecular flexibility index (Phi) is 6.24. The third-order valence-corrected chi connectivity index (χ3v) is 4.45. The maximum atomic E-state index is 12.4. The van der Waals surface area contributed by atoms with Gasteiger partial charge in [0.1, 0.15) is 15.8 Å². The smallest absolute Gasteiger partial charge is 0.266 e. The van der Waals surface area contributed by atoms with Gasteiger partial charge in [0.25, 0.3) is 5.91 Å². The maximum absolute atomic E-state index is 12.4. The number of carbonyl (C=O) groups excluding carboxylic acids is 1. The lowest BCUT2D eigenvalue weighted by Gasteiger charge is -2.11. The number of amides is 1. The number of thiocarbonyl (C=S) groups is 1. The molecule has 1 aromatic carbocycles. The lowest BCUT2D eigenvalue weighted by molar-refractivity contribution is -0.121. The van der Waals surface area contributed by atoms with Crippen molar-refractivity contribution in [1.82, 2.24) is 4.90 Å². The van der Waals surface area contributed by atoms with Crippen LogP contribution in [-0.4, -0.2) is 34.9 Å². The molecule has 0 aromatic heterocycles. The number of thioether (sulfide) groups is 1. The van der Waals surface area contributed by atoms with Crippen LogP contribution in [0.5, 0.6) is 11.5 Å². The van der Waals surface area contributed by atoms with Gasteiger partial charge >= 0.3 is 0 Å². The molecule has 0 aliphatic carbocycles. The summed E-state index contributed by atoms with van der Waals surface area (Å²) < 4.78 is 11.7. The monoisotopic (exact) mass is 349 g/mol. The molecule has 1 saturated heterocycles. The lowest BCUT2D eigenvalue weighted by Crippen LogP contribution is -2.27. The van der Waals surface area contributed by atoms with Crippen LogP contribution in [0.4, 0.5) is 0 Å². The van der Waals surface area contributed by atoms with Crippen molar-refractivity contribution in [3.63, 3.8) is 0 Å². The van der Waals surface area contributed by atoms with E-state index in [0.29, 0.717) is 34.7 Å². The lowest BCUT2D eigenvalue weighted by atomic mass is 10.1. The Morgan fingerprint density at radius 1 is 1.30 bits per heavy atom. The standard InChI is InChI=1S/C17H19NO3S2/c1-4-9-18-16(19)15(23-17(18)22)10-12-7-8-13(20-5-2)11-14(12)21-6-3/h4,7-8,10-11H,1,5-6,9H2,2-3H3/b15-10-. The molecule has 1 amide bonds. The van der Waals surface area contributed by atoms with E-state index in [-0.39, 0.29) is 5.91 Å². The van der Waals surface area contributed by atoms with Crippen molar-refractivity contribution in [3.05, 3.63) is 41.3 Å². The van der Waals surface area contributed by atoms with Crippen LogP contribution in [-0.2, 0) is 4.79 Å². The highest BCUT2D eigenvalue weighted by Gasteiger charge is 2.31. The summed E-state index contributed by atoms with van der Waals surface area (Å²) in [6.45, 7) is 9.04. The normalized spacial score (nSPS) is 16.1. The van der Waals surface area contributed by atoms with Crippen molar-refractivity contribution in [2.75, 3.05) is 19.8 Å². The van der Waals surface area contributed by atoms with Crippen molar-refractivity contribution >= 4 is 40.3 Å². The van der Waals surface area contributed by atoms with E-state index in [4.69, 9.17) is 21.7 Å². The highest BCUT2D eigenvalue weighted by molar-refractivity contribution is 8.26. The van der Waals surface area contributed by atoms with Crippen LogP contribution in [0, 0.1) is 0 Å². The van der Waals surface area contributed by atoms with Gasteiger partial charge in [-0.1, -0.05) is 30.1 Å².